The third-order valence-electron chi connectivity index (χ3n) is 3.61. The van der Waals surface area contributed by atoms with E-state index in [1.54, 1.807) is 13.2 Å². The third-order valence-corrected chi connectivity index (χ3v) is 3.61. The van der Waals surface area contributed by atoms with Crippen LogP contribution in [-0.2, 0) is 4.79 Å². The van der Waals surface area contributed by atoms with Crippen LogP contribution in [0.5, 0.6) is 11.5 Å². The summed E-state index contributed by atoms with van der Waals surface area (Å²) in [5.74, 6) is 1.12. The van der Waals surface area contributed by atoms with E-state index in [-0.39, 0.29) is 12.5 Å². The summed E-state index contributed by atoms with van der Waals surface area (Å²) in [4.78, 5) is 11.7. The van der Waals surface area contributed by atoms with Crippen molar-refractivity contribution in [2.75, 3.05) is 13.7 Å². The van der Waals surface area contributed by atoms with E-state index in [4.69, 9.17) is 9.47 Å². The third kappa shape index (κ3) is 5.80. The van der Waals surface area contributed by atoms with E-state index < -0.39 is 0 Å². The van der Waals surface area contributed by atoms with Crippen molar-refractivity contribution < 1.29 is 14.3 Å². The molecule has 130 valence electrons. The van der Waals surface area contributed by atoms with Crippen LogP contribution in [0.25, 0.3) is 6.08 Å². The van der Waals surface area contributed by atoms with E-state index in [0.29, 0.717) is 5.75 Å². The molecule has 0 spiro atoms. The number of amides is 1. The van der Waals surface area contributed by atoms with Gasteiger partial charge in [0.2, 0.25) is 0 Å². The maximum Gasteiger partial charge on any atom is 0.277 e. The van der Waals surface area contributed by atoms with Gasteiger partial charge in [-0.25, -0.2) is 5.43 Å². The Hall–Kier alpha value is -3.08. The molecule has 0 aliphatic rings. The first-order valence-electron chi connectivity index (χ1n) is 7.92. The summed E-state index contributed by atoms with van der Waals surface area (Å²) in [6.07, 6.45) is 5.07. The highest BCUT2D eigenvalue weighted by Crippen LogP contribution is 2.18. The van der Waals surface area contributed by atoms with Crippen LogP contribution < -0.4 is 14.9 Å². The van der Waals surface area contributed by atoms with Crippen molar-refractivity contribution in [3.8, 4) is 11.5 Å². The molecule has 0 atom stereocenters. The van der Waals surface area contributed by atoms with Gasteiger partial charge in [0.15, 0.2) is 6.61 Å². The van der Waals surface area contributed by atoms with Crippen LogP contribution in [-0.4, -0.2) is 25.8 Å². The molecule has 0 fully saturated rings. The number of nitrogens with one attached hydrogen (secondary N) is 1. The minimum absolute atomic E-state index is 0.0872. The first-order chi connectivity index (χ1) is 12.1. The predicted molar refractivity (Wildman–Crippen MR) is 100 cm³/mol. The summed E-state index contributed by atoms with van der Waals surface area (Å²) in [6.45, 7) is 3.94. The van der Waals surface area contributed by atoms with Crippen molar-refractivity contribution in [3.05, 3.63) is 65.2 Å². The average Bonchev–Trinajstić information content (AvgIpc) is 2.62. The Bertz CT molecular complexity index is 782. The fourth-order valence-electron chi connectivity index (χ4n) is 2.09. The topological polar surface area (TPSA) is 59.9 Å². The molecule has 0 saturated heterocycles. The molecule has 25 heavy (non-hydrogen) atoms. The summed E-state index contributed by atoms with van der Waals surface area (Å²) in [6, 6.07) is 13.3. The molecule has 0 radical (unpaired) electrons. The molecule has 0 saturated carbocycles. The molecule has 0 aromatic heterocycles. The molecule has 0 aliphatic heterocycles. The minimum atomic E-state index is -0.319. The van der Waals surface area contributed by atoms with Gasteiger partial charge in [-0.15, -0.1) is 0 Å². The van der Waals surface area contributed by atoms with E-state index in [1.165, 1.54) is 11.8 Å². The minimum Gasteiger partial charge on any atom is -0.496 e. The van der Waals surface area contributed by atoms with E-state index in [9.17, 15) is 4.79 Å². The lowest BCUT2D eigenvalue weighted by Gasteiger charge is -2.07. The number of allylic oxidation sites excluding steroid dienone is 1. The van der Waals surface area contributed by atoms with Crippen molar-refractivity contribution in [3.63, 3.8) is 0 Å². The second-order valence-electron chi connectivity index (χ2n) is 5.45. The predicted octanol–water partition coefficient (Wildman–Crippen LogP) is 3.51. The molecule has 0 heterocycles. The Morgan fingerprint density at radius 2 is 1.96 bits per heavy atom. The number of hydrazone groups is 1. The first kappa shape index (κ1) is 18.3. The molecule has 5 heteroatoms. The Morgan fingerprint density at radius 1 is 1.16 bits per heavy atom. The second kappa shape index (κ2) is 9.27. The molecular weight excluding hydrogens is 316 g/mol. The van der Waals surface area contributed by atoms with Gasteiger partial charge in [-0.3, -0.25) is 4.79 Å². The molecule has 2 aromatic rings. The van der Waals surface area contributed by atoms with Crippen LogP contribution in [0.1, 0.15) is 16.7 Å². The van der Waals surface area contributed by atoms with Crippen molar-refractivity contribution >= 4 is 18.2 Å². The van der Waals surface area contributed by atoms with Crippen molar-refractivity contribution in [2.24, 2.45) is 5.10 Å². The molecule has 0 aliphatic carbocycles. The molecule has 2 aromatic carbocycles. The van der Waals surface area contributed by atoms with Crippen LogP contribution in [0.15, 0.2) is 53.6 Å². The number of benzene rings is 2. The van der Waals surface area contributed by atoms with Crippen molar-refractivity contribution in [1.82, 2.24) is 5.43 Å². The number of hydrogen-bond donors (Lipinski definition) is 1. The Labute approximate surface area is 148 Å². The van der Waals surface area contributed by atoms with Crippen molar-refractivity contribution in [1.29, 1.82) is 0 Å². The quantitative estimate of drug-likeness (QED) is 0.621. The van der Waals surface area contributed by atoms with E-state index in [1.807, 2.05) is 62.4 Å². The number of ether oxygens (including phenoxy) is 2. The zero-order valence-electron chi connectivity index (χ0n) is 14.7. The number of aryl methyl sites for hydroxylation is 2. The fraction of sp³-hybridized carbons (Fsp3) is 0.200. The lowest BCUT2D eigenvalue weighted by molar-refractivity contribution is -0.123. The van der Waals surface area contributed by atoms with Gasteiger partial charge >= 0.3 is 0 Å². The van der Waals surface area contributed by atoms with Gasteiger partial charge in [0.05, 0.1) is 7.11 Å². The van der Waals surface area contributed by atoms with Gasteiger partial charge in [-0.05, 0) is 55.3 Å². The van der Waals surface area contributed by atoms with Crippen LogP contribution in [0.4, 0.5) is 0 Å². The van der Waals surface area contributed by atoms with Gasteiger partial charge < -0.3 is 9.47 Å². The number of rotatable bonds is 7. The summed E-state index contributed by atoms with van der Waals surface area (Å²) in [7, 11) is 1.62. The maximum atomic E-state index is 11.7. The number of carbonyl (C=O) groups excluding carboxylic acids is 1. The Morgan fingerprint density at radius 3 is 2.72 bits per heavy atom. The smallest absolute Gasteiger partial charge is 0.277 e. The van der Waals surface area contributed by atoms with Crippen LogP contribution in [0.2, 0.25) is 0 Å². The highest BCUT2D eigenvalue weighted by molar-refractivity contribution is 5.82. The van der Waals surface area contributed by atoms with Crippen LogP contribution in [0, 0.1) is 13.8 Å². The number of carbonyl (C=O) groups is 1. The lowest BCUT2D eigenvalue weighted by atomic mass is 10.1. The van der Waals surface area contributed by atoms with Crippen LogP contribution >= 0.6 is 0 Å². The maximum absolute atomic E-state index is 11.7. The standard InChI is InChI=1S/C20H22N2O3/c1-15-10-11-18(13-16(15)2)25-14-20(23)22-21-12-6-8-17-7-4-5-9-19(17)24-3/h4-13H,14H2,1-3H3,(H,22,23)/b8-6+,21-12-. The van der Waals surface area contributed by atoms with Crippen molar-refractivity contribution in [2.45, 2.75) is 13.8 Å². The SMILES string of the molecule is COc1ccccc1/C=C/C=N\NC(=O)COc1ccc(C)c(C)c1. The highest BCUT2D eigenvalue weighted by Gasteiger charge is 2.02. The number of hydrogen-bond acceptors (Lipinski definition) is 4. The van der Waals surface area contributed by atoms with Gasteiger partial charge in [-0.1, -0.05) is 24.3 Å². The van der Waals surface area contributed by atoms with Gasteiger partial charge in [-0.2, -0.15) is 5.10 Å². The molecule has 2 rings (SSSR count). The Balaban J connectivity index is 1.78. The average molecular weight is 338 g/mol. The zero-order chi connectivity index (χ0) is 18.1. The van der Waals surface area contributed by atoms with Crippen LogP contribution in [0.3, 0.4) is 0 Å². The monoisotopic (exact) mass is 338 g/mol. The summed E-state index contributed by atoms with van der Waals surface area (Å²) in [5, 5.41) is 3.85. The summed E-state index contributed by atoms with van der Waals surface area (Å²) in [5.41, 5.74) is 5.65. The molecule has 0 bridgehead atoms. The van der Waals surface area contributed by atoms with E-state index in [0.717, 1.165) is 16.9 Å². The molecule has 1 N–H and O–H groups in total. The molecule has 5 nitrogen and oxygen atoms in total. The van der Waals surface area contributed by atoms with E-state index >= 15 is 0 Å². The number of nitrogens with zero attached hydrogens (tertiary/aromatic N) is 1. The normalized spacial score (nSPS) is 11.0. The first-order valence-corrected chi connectivity index (χ1v) is 7.92. The van der Waals surface area contributed by atoms with Gasteiger partial charge in [0.1, 0.15) is 11.5 Å². The van der Waals surface area contributed by atoms with E-state index in [2.05, 4.69) is 10.5 Å². The molecule has 0 unspecified atom stereocenters. The number of methoxy groups -OCH3 is 1. The largest absolute Gasteiger partial charge is 0.496 e. The molecular formula is C20H22N2O3. The highest BCUT2D eigenvalue weighted by atomic mass is 16.5. The summed E-state index contributed by atoms with van der Waals surface area (Å²) < 4.78 is 10.7. The van der Waals surface area contributed by atoms with Gasteiger partial charge in [0.25, 0.3) is 5.91 Å². The molecule has 1 amide bonds. The fourth-order valence-corrected chi connectivity index (χ4v) is 2.09. The number of para-hydroxylation sites is 1. The summed E-state index contributed by atoms with van der Waals surface area (Å²) >= 11 is 0. The van der Waals surface area contributed by atoms with Gasteiger partial charge in [0, 0.05) is 11.8 Å². The Kier molecular flexibility index (Phi) is 6.77. The zero-order valence-corrected chi connectivity index (χ0v) is 14.7. The lowest BCUT2D eigenvalue weighted by Crippen LogP contribution is -2.24. The second-order valence-corrected chi connectivity index (χ2v) is 5.45.